The molecule has 1 saturated carbocycles. The molecular formula is C22H25N5O3. The summed E-state index contributed by atoms with van der Waals surface area (Å²) in [7, 11) is 0. The van der Waals surface area contributed by atoms with Crippen molar-refractivity contribution in [2.75, 3.05) is 13.2 Å². The smallest absolute Gasteiger partial charge is 0.210 e. The molecule has 8 nitrogen and oxygen atoms in total. The fourth-order valence-electron chi connectivity index (χ4n) is 3.23. The zero-order valence-electron chi connectivity index (χ0n) is 16.7. The van der Waals surface area contributed by atoms with E-state index in [0.29, 0.717) is 29.8 Å². The third-order valence-electron chi connectivity index (χ3n) is 5.13. The number of ether oxygens (including phenoxy) is 1. The van der Waals surface area contributed by atoms with Crippen LogP contribution in [0, 0.1) is 17.8 Å². The number of rotatable bonds is 7. The zero-order chi connectivity index (χ0) is 21.1. The molecule has 1 fully saturated rings. The van der Waals surface area contributed by atoms with Crippen molar-refractivity contribution in [3.05, 3.63) is 65.6 Å². The Kier molecular flexibility index (Phi) is 5.86. The molecule has 8 heteroatoms. The number of benzene rings is 1. The lowest BCUT2D eigenvalue weighted by Gasteiger charge is -2.17. The molecule has 0 aliphatic heterocycles. The summed E-state index contributed by atoms with van der Waals surface area (Å²) in [6, 6.07) is 9.33. The average Bonchev–Trinajstić information content (AvgIpc) is 3.14. The first-order chi connectivity index (χ1) is 14.5. The van der Waals surface area contributed by atoms with E-state index in [4.69, 9.17) is 20.7 Å². The van der Waals surface area contributed by atoms with Gasteiger partial charge in [-0.2, -0.15) is 0 Å². The molecule has 1 aromatic carbocycles. The van der Waals surface area contributed by atoms with Crippen LogP contribution in [-0.2, 0) is 0 Å². The highest BCUT2D eigenvalue weighted by molar-refractivity contribution is 5.42. The predicted molar refractivity (Wildman–Crippen MR) is 111 cm³/mol. The number of hydrogen-bond acceptors (Lipinski definition) is 7. The normalized spacial score (nSPS) is 19.6. The lowest BCUT2D eigenvalue weighted by Crippen LogP contribution is -2.22. The quantitative estimate of drug-likeness (QED) is 0.508. The fourth-order valence-corrected chi connectivity index (χ4v) is 3.23. The van der Waals surface area contributed by atoms with Gasteiger partial charge >= 0.3 is 0 Å². The zero-order valence-corrected chi connectivity index (χ0v) is 16.7. The Balaban J connectivity index is 1.43. The molecule has 1 aliphatic carbocycles. The van der Waals surface area contributed by atoms with Crippen molar-refractivity contribution in [3.8, 4) is 17.6 Å². The Morgan fingerprint density at radius 2 is 2.10 bits per heavy atom. The second kappa shape index (κ2) is 8.71. The minimum Gasteiger partial charge on any atom is -0.493 e. The van der Waals surface area contributed by atoms with Crippen molar-refractivity contribution in [1.29, 1.82) is 0 Å². The molecule has 1 aliphatic rings. The van der Waals surface area contributed by atoms with Gasteiger partial charge in [-0.1, -0.05) is 11.1 Å². The summed E-state index contributed by atoms with van der Waals surface area (Å²) < 4.78 is 12.9. The Hall–Kier alpha value is -3.12. The highest BCUT2D eigenvalue weighted by Gasteiger charge is 2.33. The largest absolute Gasteiger partial charge is 0.493 e. The van der Waals surface area contributed by atoms with E-state index in [1.54, 1.807) is 30.0 Å². The number of aliphatic hydroxyl groups excluding tert-OH is 1. The van der Waals surface area contributed by atoms with Crippen LogP contribution in [0.4, 0.5) is 0 Å². The molecule has 0 amide bonds. The SMILES string of the molecule is C[C@H](O)c1nccn1[C@H](CN)c1cc(C#Cc2ccc(OC[C@@H]3C[C@H]3N)cc2)on1. The van der Waals surface area contributed by atoms with Crippen LogP contribution in [-0.4, -0.2) is 39.0 Å². The maximum absolute atomic E-state index is 9.89. The lowest BCUT2D eigenvalue weighted by atomic mass is 10.1. The molecule has 4 rings (SSSR count). The highest BCUT2D eigenvalue weighted by Crippen LogP contribution is 2.28. The van der Waals surface area contributed by atoms with Crippen LogP contribution in [0.3, 0.4) is 0 Å². The highest BCUT2D eigenvalue weighted by atomic mass is 16.5. The Morgan fingerprint density at radius 1 is 1.33 bits per heavy atom. The molecule has 3 aromatic rings. The summed E-state index contributed by atoms with van der Waals surface area (Å²) in [4.78, 5) is 4.18. The van der Waals surface area contributed by atoms with Crippen molar-refractivity contribution in [2.45, 2.75) is 31.5 Å². The molecule has 4 atom stereocenters. The van der Waals surface area contributed by atoms with Crippen molar-refractivity contribution in [2.24, 2.45) is 17.4 Å². The molecule has 2 heterocycles. The minimum atomic E-state index is -0.715. The predicted octanol–water partition coefficient (Wildman–Crippen LogP) is 1.60. The van der Waals surface area contributed by atoms with Crippen molar-refractivity contribution >= 4 is 0 Å². The van der Waals surface area contributed by atoms with Gasteiger partial charge in [0.15, 0.2) is 0 Å². The van der Waals surface area contributed by atoms with Crippen molar-refractivity contribution in [1.82, 2.24) is 14.7 Å². The molecule has 5 N–H and O–H groups in total. The van der Waals surface area contributed by atoms with Crippen LogP contribution in [0.2, 0.25) is 0 Å². The molecule has 0 radical (unpaired) electrons. The van der Waals surface area contributed by atoms with E-state index in [9.17, 15) is 5.11 Å². The van der Waals surface area contributed by atoms with Gasteiger partial charge in [0.2, 0.25) is 5.76 Å². The van der Waals surface area contributed by atoms with Crippen LogP contribution < -0.4 is 16.2 Å². The van der Waals surface area contributed by atoms with E-state index >= 15 is 0 Å². The van der Waals surface area contributed by atoms with Crippen LogP contribution in [0.15, 0.2) is 47.2 Å². The molecule has 0 unspecified atom stereocenters. The molecule has 0 saturated heterocycles. The Morgan fingerprint density at radius 3 is 2.77 bits per heavy atom. The van der Waals surface area contributed by atoms with Gasteiger partial charge in [-0.3, -0.25) is 0 Å². The number of hydrogen-bond donors (Lipinski definition) is 3. The summed E-state index contributed by atoms with van der Waals surface area (Å²) in [5, 5.41) is 14.0. The van der Waals surface area contributed by atoms with Gasteiger partial charge in [0.05, 0.1) is 12.6 Å². The molecule has 0 spiro atoms. The third kappa shape index (κ3) is 4.54. The Bertz CT molecular complexity index is 1040. The van der Waals surface area contributed by atoms with E-state index in [-0.39, 0.29) is 18.6 Å². The average molecular weight is 407 g/mol. The Labute approximate surface area is 174 Å². The molecular weight excluding hydrogens is 382 g/mol. The first kappa shape index (κ1) is 20.2. The van der Waals surface area contributed by atoms with Gasteiger partial charge in [0.25, 0.3) is 0 Å². The molecule has 156 valence electrons. The first-order valence-corrected chi connectivity index (χ1v) is 9.93. The first-order valence-electron chi connectivity index (χ1n) is 9.93. The summed E-state index contributed by atoms with van der Waals surface area (Å²) in [5.74, 6) is 8.27. The minimum absolute atomic E-state index is 0.280. The summed E-state index contributed by atoms with van der Waals surface area (Å²) in [5.41, 5.74) is 13.2. The van der Waals surface area contributed by atoms with E-state index in [1.165, 1.54) is 0 Å². The molecule has 0 bridgehead atoms. The van der Waals surface area contributed by atoms with Crippen LogP contribution in [0.5, 0.6) is 5.75 Å². The number of nitrogens with two attached hydrogens (primary N) is 2. The summed E-state index contributed by atoms with van der Waals surface area (Å²) in [6.07, 6.45) is 3.71. The summed E-state index contributed by atoms with van der Waals surface area (Å²) >= 11 is 0. The number of aromatic nitrogens is 3. The summed E-state index contributed by atoms with van der Waals surface area (Å²) in [6.45, 7) is 2.59. The second-order valence-corrected chi connectivity index (χ2v) is 7.48. The van der Waals surface area contributed by atoms with E-state index in [2.05, 4.69) is 22.0 Å². The number of imidazole rings is 1. The molecule has 2 aromatic heterocycles. The van der Waals surface area contributed by atoms with E-state index < -0.39 is 6.10 Å². The van der Waals surface area contributed by atoms with Gasteiger partial charge in [0.1, 0.15) is 23.4 Å². The maximum atomic E-state index is 9.89. The standard InChI is InChI=1S/C22H25N5O3/c1-14(28)22-25-8-9-27(22)21(12-23)20-11-18(30-26-20)7-4-15-2-5-17(6-3-15)29-13-16-10-19(16)24/h2-3,5-6,8-9,11,14,16,19,21,28H,10,12-13,23-24H2,1H3/t14-,16-,19+,21+/m0/s1. The number of aliphatic hydroxyl groups is 1. The fraction of sp³-hybridized carbons (Fsp3) is 0.364. The number of nitrogens with zero attached hydrogens (tertiary/aromatic N) is 3. The van der Waals surface area contributed by atoms with Crippen LogP contribution in [0.1, 0.15) is 48.3 Å². The van der Waals surface area contributed by atoms with Crippen molar-refractivity contribution in [3.63, 3.8) is 0 Å². The van der Waals surface area contributed by atoms with E-state index in [1.807, 2.05) is 24.3 Å². The maximum Gasteiger partial charge on any atom is 0.210 e. The lowest BCUT2D eigenvalue weighted by molar-refractivity contribution is 0.182. The van der Waals surface area contributed by atoms with Gasteiger partial charge in [-0.05, 0) is 43.5 Å². The molecule has 30 heavy (non-hydrogen) atoms. The second-order valence-electron chi connectivity index (χ2n) is 7.48. The van der Waals surface area contributed by atoms with Gasteiger partial charge < -0.3 is 30.4 Å². The third-order valence-corrected chi connectivity index (χ3v) is 5.13. The van der Waals surface area contributed by atoms with Gasteiger partial charge in [-0.15, -0.1) is 0 Å². The van der Waals surface area contributed by atoms with E-state index in [0.717, 1.165) is 17.7 Å². The topological polar surface area (TPSA) is 125 Å². The van der Waals surface area contributed by atoms with Crippen molar-refractivity contribution < 1.29 is 14.4 Å². The van der Waals surface area contributed by atoms with Gasteiger partial charge in [0, 0.05) is 42.5 Å². The van der Waals surface area contributed by atoms with Crippen LogP contribution >= 0.6 is 0 Å². The van der Waals surface area contributed by atoms with Gasteiger partial charge in [-0.25, -0.2) is 4.98 Å². The van der Waals surface area contributed by atoms with Crippen LogP contribution in [0.25, 0.3) is 0 Å². The monoisotopic (exact) mass is 407 g/mol.